The highest BCUT2D eigenvalue weighted by atomic mass is 16.1. The van der Waals surface area contributed by atoms with Gasteiger partial charge in [-0.2, -0.15) is 0 Å². The van der Waals surface area contributed by atoms with Crippen LogP contribution in [0.2, 0.25) is 0 Å². The summed E-state index contributed by atoms with van der Waals surface area (Å²) in [6.45, 7) is 2.29. The van der Waals surface area contributed by atoms with E-state index in [2.05, 4.69) is 6.92 Å². The Morgan fingerprint density at radius 1 is 1.21 bits per heavy atom. The van der Waals surface area contributed by atoms with Crippen LogP contribution in [0.3, 0.4) is 0 Å². The van der Waals surface area contributed by atoms with Crippen LogP contribution < -0.4 is 0 Å². The van der Waals surface area contributed by atoms with Crippen LogP contribution in [-0.4, -0.2) is 5.78 Å². The number of ketones is 1. The minimum absolute atomic E-state index is 0.528. The summed E-state index contributed by atoms with van der Waals surface area (Å²) in [6, 6.07) is 0. The maximum absolute atomic E-state index is 11.3. The first-order valence-electron chi connectivity index (χ1n) is 6.31. The smallest absolute Gasteiger partial charge is 0.133 e. The van der Waals surface area contributed by atoms with Crippen molar-refractivity contribution in [2.45, 2.75) is 58.3 Å². The first-order chi connectivity index (χ1) is 6.79. The van der Waals surface area contributed by atoms with Crippen LogP contribution in [0.4, 0.5) is 0 Å². The molecular formula is C13H22O. The van der Waals surface area contributed by atoms with Crippen molar-refractivity contribution in [2.75, 3.05) is 0 Å². The van der Waals surface area contributed by atoms with Gasteiger partial charge in [-0.15, -0.1) is 0 Å². The first-order valence-corrected chi connectivity index (χ1v) is 6.31. The van der Waals surface area contributed by atoms with Crippen molar-refractivity contribution >= 4 is 5.78 Å². The van der Waals surface area contributed by atoms with Crippen LogP contribution in [-0.2, 0) is 4.79 Å². The normalized spacial score (nSPS) is 38.1. The number of Topliss-reactive ketones (excluding diaryl/α,β-unsaturated/α-hetero) is 1. The topological polar surface area (TPSA) is 17.1 Å². The van der Waals surface area contributed by atoms with Crippen molar-refractivity contribution in [3.05, 3.63) is 0 Å². The third-order valence-corrected chi connectivity index (χ3v) is 4.23. The lowest BCUT2D eigenvalue weighted by Crippen LogP contribution is -2.31. The molecule has 2 aliphatic rings. The molecule has 2 fully saturated rings. The van der Waals surface area contributed by atoms with Crippen LogP contribution in [0, 0.1) is 17.8 Å². The Labute approximate surface area is 87.3 Å². The van der Waals surface area contributed by atoms with E-state index in [9.17, 15) is 4.79 Å². The quantitative estimate of drug-likeness (QED) is 0.656. The summed E-state index contributed by atoms with van der Waals surface area (Å²) in [5, 5.41) is 0. The summed E-state index contributed by atoms with van der Waals surface area (Å²) >= 11 is 0. The lowest BCUT2D eigenvalue weighted by atomic mass is 9.66. The molecule has 0 bridgehead atoms. The molecule has 2 saturated carbocycles. The van der Waals surface area contributed by atoms with Crippen molar-refractivity contribution in [1.82, 2.24) is 0 Å². The molecule has 0 radical (unpaired) electrons. The summed E-state index contributed by atoms with van der Waals surface area (Å²) < 4.78 is 0. The van der Waals surface area contributed by atoms with Gasteiger partial charge in [0, 0.05) is 12.8 Å². The van der Waals surface area contributed by atoms with E-state index in [1.807, 2.05) is 0 Å². The number of carbonyl (C=O) groups is 1. The van der Waals surface area contributed by atoms with E-state index in [1.165, 1.54) is 38.5 Å². The Morgan fingerprint density at radius 2 is 2.07 bits per heavy atom. The molecule has 0 amide bonds. The zero-order valence-corrected chi connectivity index (χ0v) is 9.30. The highest BCUT2D eigenvalue weighted by molar-refractivity contribution is 5.79. The Balaban J connectivity index is 1.88. The molecule has 0 spiro atoms. The van der Waals surface area contributed by atoms with E-state index in [4.69, 9.17) is 0 Å². The van der Waals surface area contributed by atoms with Crippen LogP contribution >= 0.6 is 0 Å². The minimum Gasteiger partial charge on any atom is -0.300 e. The zero-order valence-electron chi connectivity index (χ0n) is 9.30. The van der Waals surface area contributed by atoms with Crippen LogP contribution in [0.5, 0.6) is 0 Å². The van der Waals surface area contributed by atoms with Gasteiger partial charge < -0.3 is 0 Å². The second-order valence-electron chi connectivity index (χ2n) is 5.27. The SMILES string of the molecule is CCC[C@H]1CC[C@@H]2CC(=O)CC[C@H]2C1. The van der Waals surface area contributed by atoms with Gasteiger partial charge in [0.15, 0.2) is 0 Å². The molecule has 0 N–H and O–H groups in total. The number of fused-ring (bicyclic) bond motifs is 1. The molecule has 80 valence electrons. The van der Waals surface area contributed by atoms with Gasteiger partial charge in [0.05, 0.1) is 0 Å². The lowest BCUT2D eigenvalue weighted by molar-refractivity contribution is -0.123. The molecule has 0 saturated heterocycles. The van der Waals surface area contributed by atoms with Gasteiger partial charge in [-0.25, -0.2) is 0 Å². The molecule has 1 nitrogen and oxygen atoms in total. The Kier molecular flexibility index (Phi) is 3.25. The summed E-state index contributed by atoms with van der Waals surface area (Å²) in [6.07, 6.45) is 9.88. The van der Waals surface area contributed by atoms with Crippen molar-refractivity contribution < 1.29 is 4.79 Å². The molecule has 3 atom stereocenters. The van der Waals surface area contributed by atoms with Gasteiger partial charge in [-0.05, 0) is 37.0 Å². The van der Waals surface area contributed by atoms with E-state index in [-0.39, 0.29) is 0 Å². The molecule has 0 aliphatic heterocycles. The second-order valence-corrected chi connectivity index (χ2v) is 5.27. The molecule has 0 heterocycles. The Morgan fingerprint density at radius 3 is 2.86 bits per heavy atom. The predicted octanol–water partition coefficient (Wildman–Crippen LogP) is 3.57. The molecule has 0 unspecified atom stereocenters. The highest BCUT2D eigenvalue weighted by Gasteiger charge is 2.34. The van der Waals surface area contributed by atoms with Gasteiger partial charge in [0.2, 0.25) is 0 Å². The third-order valence-electron chi connectivity index (χ3n) is 4.23. The monoisotopic (exact) mass is 194 g/mol. The average molecular weight is 194 g/mol. The second kappa shape index (κ2) is 4.46. The van der Waals surface area contributed by atoms with E-state index in [1.54, 1.807) is 0 Å². The van der Waals surface area contributed by atoms with E-state index in [0.717, 1.165) is 30.6 Å². The van der Waals surface area contributed by atoms with E-state index < -0.39 is 0 Å². The molecule has 2 rings (SSSR count). The van der Waals surface area contributed by atoms with Gasteiger partial charge in [-0.1, -0.05) is 26.2 Å². The van der Waals surface area contributed by atoms with Gasteiger partial charge in [0.1, 0.15) is 5.78 Å². The molecule has 0 aromatic rings. The Bertz CT molecular complexity index is 209. The summed E-state index contributed by atoms with van der Waals surface area (Å²) in [5.41, 5.74) is 0. The molecular weight excluding hydrogens is 172 g/mol. The number of carbonyl (C=O) groups excluding carboxylic acids is 1. The molecule has 1 heteroatoms. The van der Waals surface area contributed by atoms with E-state index >= 15 is 0 Å². The number of hydrogen-bond acceptors (Lipinski definition) is 1. The van der Waals surface area contributed by atoms with Crippen LogP contribution in [0.15, 0.2) is 0 Å². The predicted molar refractivity (Wildman–Crippen MR) is 58.1 cm³/mol. The van der Waals surface area contributed by atoms with Gasteiger partial charge in [0.25, 0.3) is 0 Å². The fraction of sp³-hybridized carbons (Fsp3) is 0.923. The van der Waals surface area contributed by atoms with Gasteiger partial charge >= 0.3 is 0 Å². The van der Waals surface area contributed by atoms with Gasteiger partial charge in [-0.3, -0.25) is 4.79 Å². The van der Waals surface area contributed by atoms with Crippen molar-refractivity contribution in [2.24, 2.45) is 17.8 Å². The molecule has 14 heavy (non-hydrogen) atoms. The summed E-state index contributed by atoms with van der Waals surface area (Å²) in [4.78, 5) is 11.3. The average Bonchev–Trinajstić information content (AvgIpc) is 2.19. The fourth-order valence-corrected chi connectivity index (χ4v) is 3.46. The lowest BCUT2D eigenvalue weighted by Gasteiger charge is -2.38. The summed E-state index contributed by atoms with van der Waals surface area (Å²) in [7, 11) is 0. The zero-order chi connectivity index (χ0) is 9.97. The van der Waals surface area contributed by atoms with Crippen molar-refractivity contribution in [3.63, 3.8) is 0 Å². The van der Waals surface area contributed by atoms with Crippen molar-refractivity contribution in [3.8, 4) is 0 Å². The first kappa shape index (κ1) is 10.2. The maximum atomic E-state index is 11.3. The number of rotatable bonds is 2. The van der Waals surface area contributed by atoms with E-state index in [0.29, 0.717) is 5.78 Å². The number of hydrogen-bond donors (Lipinski definition) is 0. The van der Waals surface area contributed by atoms with Crippen molar-refractivity contribution in [1.29, 1.82) is 0 Å². The Hall–Kier alpha value is -0.330. The maximum Gasteiger partial charge on any atom is 0.133 e. The van der Waals surface area contributed by atoms with Crippen LogP contribution in [0.1, 0.15) is 58.3 Å². The standard InChI is InChI=1S/C13H22O/c1-2-3-10-4-5-12-9-13(14)7-6-11(12)8-10/h10-12H,2-9H2,1H3/t10-,11-,12+/m0/s1. The van der Waals surface area contributed by atoms with Crippen LogP contribution in [0.25, 0.3) is 0 Å². The molecule has 2 aliphatic carbocycles. The molecule has 0 aromatic heterocycles. The molecule has 0 aromatic carbocycles. The fourth-order valence-electron chi connectivity index (χ4n) is 3.46. The minimum atomic E-state index is 0.528. The third kappa shape index (κ3) is 2.18. The largest absolute Gasteiger partial charge is 0.300 e. The highest BCUT2D eigenvalue weighted by Crippen LogP contribution is 2.42. The summed E-state index contributed by atoms with van der Waals surface area (Å²) in [5.74, 6) is 3.18.